The quantitative estimate of drug-likeness (QED) is 0.566. The van der Waals surface area contributed by atoms with E-state index in [4.69, 9.17) is 0 Å². The van der Waals surface area contributed by atoms with Gasteiger partial charge in [0.2, 0.25) is 17.7 Å². The zero-order valence-corrected chi connectivity index (χ0v) is 18.5. The number of hydrogen-bond donors (Lipinski definition) is 3. The Labute approximate surface area is 177 Å². The number of carbonyl (C=O) groups excluding carboxylic acids is 4. The number of nitrogens with one attached hydrogen (secondary N) is 3. The molecule has 2 heterocycles. The molecule has 0 bridgehead atoms. The fourth-order valence-electron chi connectivity index (χ4n) is 4.55. The summed E-state index contributed by atoms with van der Waals surface area (Å²) < 4.78 is 0. The van der Waals surface area contributed by atoms with Gasteiger partial charge in [0, 0.05) is 31.1 Å². The summed E-state index contributed by atoms with van der Waals surface area (Å²) in [6.07, 6.45) is 1.84. The predicted molar refractivity (Wildman–Crippen MR) is 109 cm³/mol. The summed E-state index contributed by atoms with van der Waals surface area (Å²) in [7, 11) is 1.66. The number of rotatable bonds is 6. The van der Waals surface area contributed by atoms with Gasteiger partial charge in [-0.3, -0.25) is 19.3 Å². The van der Waals surface area contributed by atoms with E-state index in [0.717, 1.165) is 6.42 Å². The Morgan fingerprint density at radius 1 is 1.17 bits per heavy atom. The first-order valence-corrected chi connectivity index (χ1v) is 10.9. The van der Waals surface area contributed by atoms with Crippen molar-refractivity contribution in [3.63, 3.8) is 0 Å². The highest BCUT2D eigenvalue weighted by Gasteiger charge is 2.55. The average molecular weight is 423 g/mol. The Hall–Kier alpha value is -2.36. The van der Waals surface area contributed by atoms with Gasteiger partial charge in [0.25, 0.3) is 0 Å². The zero-order valence-electron chi connectivity index (χ0n) is 18.5. The molecule has 3 aliphatic rings. The van der Waals surface area contributed by atoms with E-state index in [-0.39, 0.29) is 60.3 Å². The largest absolute Gasteiger partial charge is 0.353 e. The minimum atomic E-state index is -0.644. The molecular formula is C20H34N6O4. The topological polar surface area (TPSA) is 114 Å². The van der Waals surface area contributed by atoms with Gasteiger partial charge in [-0.05, 0) is 46.5 Å². The van der Waals surface area contributed by atoms with Gasteiger partial charge in [0.15, 0.2) is 6.29 Å². The number of amides is 5. The van der Waals surface area contributed by atoms with Gasteiger partial charge in [-0.25, -0.2) is 9.80 Å². The van der Waals surface area contributed by atoms with Crippen LogP contribution >= 0.6 is 0 Å². The van der Waals surface area contributed by atoms with Crippen LogP contribution in [-0.4, -0.2) is 76.6 Å². The molecule has 0 radical (unpaired) electrons. The lowest BCUT2D eigenvalue weighted by Gasteiger charge is -2.48. The van der Waals surface area contributed by atoms with Crippen molar-refractivity contribution >= 4 is 23.8 Å². The molecule has 3 fully saturated rings. The molecule has 0 aromatic heterocycles. The van der Waals surface area contributed by atoms with Gasteiger partial charge in [-0.1, -0.05) is 6.92 Å². The van der Waals surface area contributed by atoms with E-state index < -0.39 is 6.29 Å². The number of hydrazine groups is 1. The number of nitrogens with zero attached hydrogens (tertiary/aromatic N) is 3. The number of carbonyl (C=O) groups is 4. The molecule has 30 heavy (non-hydrogen) atoms. The van der Waals surface area contributed by atoms with Gasteiger partial charge in [-0.15, -0.1) is 0 Å². The third-order valence-electron chi connectivity index (χ3n) is 6.32. The zero-order chi connectivity index (χ0) is 22.2. The molecule has 0 aromatic carbocycles. The molecule has 3 N–H and O–H groups in total. The second-order valence-electron chi connectivity index (χ2n) is 8.95. The van der Waals surface area contributed by atoms with Crippen LogP contribution in [0.3, 0.4) is 0 Å². The Morgan fingerprint density at radius 3 is 2.50 bits per heavy atom. The third kappa shape index (κ3) is 4.23. The summed E-state index contributed by atoms with van der Waals surface area (Å²) in [6, 6.07) is -0.642. The number of urea groups is 1. The van der Waals surface area contributed by atoms with Crippen LogP contribution in [0.2, 0.25) is 0 Å². The Balaban J connectivity index is 1.76. The van der Waals surface area contributed by atoms with Crippen molar-refractivity contribution in [3.05, 3.63) is 0 Å². The van der Waals surface area contributed by atoms with Crippen molar-refractivity contribution in [2.24, 2.45) is 11.8 Å². The van der Waals surface area contributed by atoms with Crippen molar-refractivity contribution < 1.29 is 19.2 Å². The minimum Gasteiger partial charge on any atom is -0.353 e. The lowest BCUT2D eigenvalue weighted by atomic mass is 9.75. The monoisotopic (exact) mass is 422 g/mol. The lowest BCUT2D eigenvalue weighted by Crippen LogP contribution is -2.66. The molecule has 10 heteroatoms. The van der Waals surface area contributed by atoms with Crippen molar-refractivity contribution in [3.8, 4) is 0 Å². The summed E-state index contributed by atoms with van der Waals surface area (Å²) in [5.74, 6) is -0.878. The van der Waals surface area contributed by atoms with E-state index in [1.807, 2.05) is 27.7 Å². The molecule has 0 aromatic rings. The van der Waals surface area contributed by atoms with Crippen LogP contribution in [0, 0.1) is 11.8 Å². The summed E-state index contributed by atoms with van der Waals surface area (Å²) in [4.78, 5) is 54.1. The Bertz CT molecular complexity index is 713. The van der Waals surface area contributed by atoms with Crippen LogP contribution in [0.25, 0.3) is 0 Å². The van der Waals surface area contributed by atoms with Gasteiger partial charge in [0.05, 0.1) is 5.92 Å². The first-order valence-electron chi connectivity index (χ1n) is 10.9. The van der Waals surface area contributed by atoms with Crippen LogP contribution in [0.15, 0.2) is 0 Å². The summed E-state index contributed by atoms with van der Waals surface area (Å²) in [6.45, 7) is 7.54. The van der Waals surface area contributed by atoms with Crippen LogP contribution in [0.1, 0.15) is 53.4 Å². The molecule has 3 rings (SSSR count). The molecule has 0 spiro atoms. The molecule has 10 nitrogen and oxygen atoms in total. The molecule has 5 atom stereocenters. The van der Waals surface area contributed by atoms with E-state index >= 15 is 0 Å². The minimum absolute atomic E-state index is 0.0153. The van der Waals surface area contributed by atoms with Crippen molar-refractivity contribution in [2.75, 3.05) is 13.6 Å². The van der Waals surface area contributed by atoms with Crippen LogP contribution in [-0.2, 0) is 14.4 Å². The predicted octanol–water partition coefficient (Wildman–Crippen LogP) is 0.208. The molecule has 5 amide bonds. The SMILES string of the molecule is CCC(C)NC(=O)C1CCC2C(=O)N(C)C3NN(CC(=O)NC(C)C)C(=O)N3C2C1. The highest BCUT2D eigenvalue weighted by atomic mass is 16.2. The van der Waals surface area contributed by atoms with E-state index in [2.05, 4.69) is 16.1 Å². The molecule has 1 aliphatic carbocycles. The summed E-state index contributed by atoms with van der Waals surface area (Å²) in [5.41, 5.74) is 3.00. The van der Waals surface area contributed by atoms with Crippen LogP contribution < -0.4 is 16.1 Å². The van der Waals surface area contributed by atoms with Crippen LogP contribution in [0.5, 0.6) is 0 Å². The number of fused-ring (bicyclic) bond motifs is 3. The smallest absolute Gasteiger partial charge is 0.337 e. The normalized spacial score (nSPS) is 29.6. The van der Waals surface area contributed by atoms with E-state index in [9.17, 15) is 19.2 Å². The highest BCUT2D eigenvalue weighted by Crippen LogP contribution is 2.39. The molecule has 5 unspecified atom stereocenters. The molecule has 2 saturated heterocycles. The first kappa shape index (κ1) is 22.3. The summed E-state index contributed by atoms with van der Waals surface area (Å²) in [5, 5.41) is 7.05. The second kappa shape index (κ2) is 8.79. The van der Waals surface area contributed by atoms with Crippen molar-refractivity contribution in [1.82, 2.24) is 30.9 Å². The lowest BCUT2D eigenvalue weighted by molar-refractivity contribution is -0.156. The fourth-order valence-corrected chi connectivity index (χ4v) is 4.55. The summed E-state index contributed by atoms with van der Waals surface area (Å²) >= 11 is 0. The van der Waals surface area contributed by atoms with Crippen molar-refractivity contribution in [1.29, 1.82) is 0 Å². The number of hydrogen-bond acceptors (Lipinski definition) is 5. The van der Waals surface area contributed by atoms with E-state index in [0.29, 0.717) is 19.3 Å². The maximum atomic E-state index is 13.1. The van der Waals surface area contributed by atoms with Gasteiger partial charge in [0.1, 0.15) is 6.54 Å². The maximum Gasteiger partial charge on any atom is 0.337 e. The van der Waals surface area contributed by atoms with E-state index in [1.165, 1.54) is 9.91 Å². The van der Waals surface area contributed by atoms with E-state index in [1.54, 1.807) is 11.9 Å². The third-order valence-corrected chi connectivity index (χ3v) is 6.32. The molecule has 1 saturated carbocycles. The first-order chi connectivity index (χ1) is 14.1. The van der Waals surface area contributed by atoms with Crippen molar-refractivity contribution in [2.45, 2.75) is 77.8 Å². The highest BCUT2D eigenvalue weighted by molar-refractivity contribution is 5.89. The second-order valence-corrected chi connectivity index (χ2v) is 8.95. The molecular weight excluding hydrogens is 388 g/mol. The average Bonchev–Trinajstić information content (AvgIpc) is 3.01. The fraction of sp³-hybridized carbons (Fsp3) is 0.800. The Kier molecular flexibility index (Phi) is 6.54. The molecule has 2 aliphatic heterocycles. The van der Waals surface area contributed by atoms with Gasteiger partial charge in [-0.2, -0.15) is 5.43 Å². The van der Waals surface area contributed by atoms with Gasteiger partial charge >= 0.3 is 6.03 Å². The van der Waals surface area contributed by atoms with Crippen LogP contribution in [0.4, 0.5) is 4.79 Å². The molecule has 168 valence electrons. The maximum absolute atomic E-state index is 13.1. The Morgan fingerprint density at radius 2 is 1.87 bits per heavy atom. The van der Waals surface area contributed by atoms with Gasteiger partial charge < -0.3 is 15.5 Å². The standard InChI is InChI=1S/C20H34N6O4/c1-6-12(4)22-17(28)13-7-8-14-15(9-13)26-19(24(5)18(14)29)23-25(20(26)30)10-16(27)21-11(2)3/h11-15,19,23H,6-10H2,1-5H3,(H,21,27)(H,22,28).